The highest BCUT2D eigenvalue weighted by Gasteiger charge is 2.42. The molecular formula is C29H29ClN8O. The summed E-state index contributed by atoms with van der Waals surface area (Å²) in [6.45, 7) is 0.388. The van der Waals surface area contributed by atoms with Gasteiger partial charge in [-0.3, -0.25) is 9.58 Å². The Hall–Kier alpha value is -4.42. The normalized spacial score (nSPS) is 14.3. The average molecular weight is 541 g/mol. The lowest BCUT2D eigenvalue weighted by molar-refractivity contribution is 0.230. The zero-order valence-corrected chi connectivity index (χ0v) is 22.4. The van der Waals surface area contributed by atoms with E-state index < -0.39 is 5.66 Å². The van der Waals surface area contributed by atoms with Gasteiger partial charge in [-0.25, -0.2) is 9.78 Å². The quantitative estimate of drug-likeness (QED) is 0.223. The van der Waals surface area contributed by atoms with Gasteiger partial charge in [-0.15, -0.1) is 0 Å². The molecule has 1 aliphatic carbocycles. The zero-order valence-electron chi connectivity index (χ0n) is 21.6. The predicted molar refractivity (Wildman–Crippen MR) is 151 cm³/mol. The Bertz CT molecular complexity index is 1470. The monoisotopic (exact) mass is 540 g/mol. The number of carbonyl (C=O) groups is 1. The second-order valence-corrected chi connectivity index (χ2v) is 10.0. The number of benzene rings is 2. The summed E-state index contributed by atoms with van der Waals surface area (Å²) in [4.78, 5) is 24.4. The lowest BCUT2D eigenvalue weighted by atomic mass is 9.87. The third-order valence-electron chi connectivity index (χ3n) is 6.97. The van der Waals surface area contributed by atoms with Crippen molar-refractivity contribution in [2.24, 2.45) is 7.05 Å². The molecule has 0 atom stereocenters. The first-order valence-electron chi connectivity index (χ1n) is 12.9. The Morgan fingerprint density at radius 1 is 1.08 bits per heavy atom. The minimum atomic E-state index is -0.799. The molecular weight excluding hydrogens is 512 g/mol. The van der Waals surface area contributed by atoms with Gasteiger partial charge in [-0.2, -0.15) is 15.3 Å². The molecule has 198 valence electrons. The number of aromatic nitrogens is 4. The molecule has 4 aromatic rings. The molecule has 1 fully saturated rings. The first kappa shape index (κ1) is 26.2. The van der Waals surface area contributed by atoms with Crippen molar-refractivity contribution in [2.75, 3.05) is 10.2 Å². The van der Waals surface area contributed by atoms with E-state index in [1.807, 2.05) is 80.1 Å². The van der Waals surface area contributed by atoms with Gasteiger partial charge in [0.2, 0.25) is 5.95 Å². The van der Waals surface area contributed by atoms with Crippen LogP contribution in [0.2, 0.25) is 5.15 Å². The number of hydrogen-bond donors (Lipinski definition) is 2. The standard InChI is InChI=1S/C29H29ClN8O/c1-37-20-24(19-34-37)22-10-12-25(13-11-22)38(28(39)33-17-21-8-4-2-5-9-21)29(14-6-3-7-15-29)36-27-32-18-23(16-31)26(30)35-27/h2,4-5,8-13,18-20H,3,6-7,14-15,17H2,1H3,(H,33,39)(H,32,35,36). The van der Waals surface area contributed by atoms with Crippen molar-refractivity contribution in [3.8, 4) is 17.2 Å². The largest absolute Gasteiger partial charge is 0.334 e. The van der Waals surface area contributed by atoms with Crippen LogP contribution in [-0.2, 0) is 13.6 Å². The first-order chi connectivity index (χ1) is 19.0. The summed E-state index contributed by atoms with van der Waals surface area (Å²) >= 11 is 6.23. The second kappa shape index (κ2) is 11.5. The van der Waals surface area contributed by atoms with Crippen molar-refractivity contribution in [3.63, 3.8) is 0 Å². The highest BCUT2D eigenvalue weighted by molar-refractivity contribution is 6.30. The Morgan fingerprint density at radius 2 is 1.82 bits per heavy atom. The van der Waals surface area contributed by atoms with Crippen molar-refractivity contribution >= 4 is 29.3 Å². The molecule has 9 nitrogen and oxygen atoms in total. The Kier molecular flexibility index (Phi) is 7.75. The summed E-state index contributed by atoms with van der Waals surface area (Å²) in [5, 5.41) is 20.1. The lowest BCUT2D eigenvalue weighted by Gasteiger charge is -2.46. The van der Waals surface area contributed by atoms with Gasteiger partial charge < -0.3 is 10.6 Å². The number of anilines is 2. The summed E-state index contributed by atoms with van der Waals surface area (Å²) in [7, 11) is 1.88. The van der Waals surface area contributed by atoms with Gasteiger partial charge in [0, 0.05) is 31.0 Å². The molecule has 2 amide bonds. The summed E-state index contributed by atoms with van der Waals surface area (Å²) in [5.74, 6) is 0.272. The fourth-order valence-corrected chi connectivity index (χ4v) is 5.20. The molecule has 0 radical (unpaired) electrons. The van der Waals surface area contributed by atoms with Crippen LogP contribution in [-0.4, -0.2) is 31.4 Å². The van der Waals surface area contributed by atoms with Gasteiger partial charge in [0.25, 0.3) is 0 Å². The van der Waals surface area contributed by atoms with Crippen LogP contribution >= 0.6 is 11.6 Å². The molecule has 2 aromatic carbocycles. The van der Waals surface area contributed by atoms with E-state index in [0.717, 1.165) is 41.6 Å². The number of halogens is 1. The number of nitriles is 1. The lowest BCUT2D eigenvalue weighted by Crippen LogP contribution is -2.61. The van der Waals surface area contributed by atoms with Gasteiger partial charge in [0.15, 0.2) is 5.15 Å². The van der Waals surface area contributed by atoms with Crippen molar-refractivity contribution in [2.45, 2.75) is 44.3 Å². The number of amides is 2. The zero-order chi connectivity index (χ0) is 27.2. The highest BCUT2D eigenvalue weighted by Crippen LogP contribution is 2.38. The fourth-order valence-electron chi connectivity index (χ4n) is 5.03. The van der Waals surface area contributed by atoms with E-state index in [1.54, 1.807) is 9.58 Å². The van der Waals surface area contributed by atoms with E-state index >= 15 is 0 Å². The second-order valence-electron chi connectivity index (χ2n) is 9.66. The Labute approximate surface area is 232 Å². The number of aryl methyl sites for hydroxylation is 1. The van der Waals surface area contributed by atoms with E-state index in [0.29, 0.717) is 19.4 Å². The summed E-state index contributed by atoms with van der Waals surface area (Å²) in [6.07, 6.45) is 9.47. The van der Waals surface area contributed by atoms with E-state index in [-0.39, 0.29) is 22.7 Å². The van der Waals surface area contributed by atoms with Gasteiger partial charge in [0.1, 0.15) is 17.3 Å². The SMILES string of the molecule is Cn1cc(-c2ccc(N(C(=O)NCc3ccccc3)C3(Nc4ncc(C#N)c(Cl)n4)CCCCC3)cc2)cn1. The van der Waals surface area contributed by atoms with Crippen molar-refractivity contribution in [1.82, 2.24) is 25.1 Å². The van der Waals surface area contributed by atoms with Crippen LogP contribution in [0.3, 0.4) is 0 Å². The predicted octanol–water partition coefficient (Wildman–Crippen LogP) is 5.89. The smallest absolute Gasteiger partial charge is 0.324 e. The maximum atomic E-state index is 14.0. The number of urea groups is 1. The minimum absolute atomic E-state index is 0.0712. The minimum Gasteiger partial charge on any atom is -0.334 e. The molecule has 0 spiro atoms. The van der Waals surface area contributed by atoms with E-state index in [9.17, 15) is 10.1 Å². The molecule has 2 aromatic heterocycles. The number of nitrogens with one attached hydrogen (secondary N) is 2. The summed E-state index contributed by atoms with van der Waals surface area (Å²) < 4.78 is 1.76. The van der Waals surface area contributed by atoms with E-state index in [4.69, 9.17) is 11.6 Å². The fraction of sp³-hybridized carbons (Fsp3) is 0.276. The van der Waals surface area contributed by atoms with Crippen LogP contribution in [0.25, 0.3) is 11.1 Å². The number of nitrogens with zero attached hydrogens (tertiary/aromatic N) is 6. The Morgan fingerprint density at radius 3 is 2.46 bits per heavy atom. The van der Waals surface area contributed by atoms with Crippen LogP contribution < -0.4 is 15.5 Å². The van der Waals surface area contributed by atoms with Crippen LogP contribution in [0, 0.1) is 11.3 Å². The average Bonchev–Trinajstić information content (AvgIpc) is 3.40. The maximum absolute atomic E-state index is 14.0. The van der Waals surface area contributed by atoms with Crippen molar-refractivity contribution in [3.05, 3.63) is 89.5 Å². The molecule has 10 heteroatoms. The number of hydrogen-bond acceptors (Lipinski definition) is 6. The number of carbonyl (C=O) groups excluding carboxylic acids is 1. The maximum Gasteiger partial charge on any atom is 0.324 e. The van der Waals surface area contributed by atoms with Gasteiger partial charge in [0.05, 0.1) is 12.4 Å². The van der Waals surface area contributed by atoms with Gasteiger partial charge in [-0.1, -0.05) is 60.5 Å². The third kappa shape index (κ3) is 5.86. The summed E-state index contributed by atoms with van der Waals surface area (Å²) in [6, 6.07) is 19.5. The van der Waals surface area contributed by atoms with Crippen LogP contribution in [0.15, 0.2) is 73.2 Å². The van der Waals surface area contributed by atoms with Crippen molar-refractivity contribution in [1.29, 1.82) is 5.26 Å². The molecule has 5 rings (SSSR count). The molecule has 0 unspecified atom stereocenters. The van der Waals surface area contributed by atoms with Gasteiger partial charge in [-0.05, 0) is 48.9 Å². The van der Waals surface area contributed by atoms with Gasteiger partial charge >= 0.3 is 6.03 Å². The van der Waals surface area contributed by atoms with Crippen LogP contribution in [0.4, 0.5) is 16.4 Å². The Balaban J connectivity index is 1.52. The molecule has 2 N–H and O–H groups in total. The molecule has 1 aliphatic rings. The molecule has 0 saturated heterocycles. The molecule has 1 saturated carbocycles. The molecule has 39 heavy (non-hydrogen) atoms. The molecule has 0 bridgehead atoms. The summed E-state index contributed by atoms with van der Waals surface area (Å²) in [5.41, 5.74) is 3.14. The topological polar surface area (TPSA) is 112 Å². The molecule has 0 aliphatic heterocycles. The molecule has 2 heterocycles. The van der Waals surface area contributed by atoms with E-state index in [1.165, 1.54) is 6.20 Å². The van der Waals surface area contributed by atoms with Crippen LogP contribution in [0.5, 0.6) is 0 Å². The third-order valence-corrected chi connectivity index (χ3v) is 7.26. The van der Waals surface area contributed by atoms with Crippen LogP contribution in [0.1, 0.15) is 43.2 Å². The number of rotatable bonds is 7. The first-order valence-corrected chi connectivity index (χ1v) is 13.3. The highest BCUT2D eigenvalue weighted by atomic mass is 35.5. The van der Waals surface area contributed by atoms with E-state index in [2.05, 4.69) is 25.7 Å². The van der Waals surface area contributed by atoms with Crippen molar-refractivity contribution < 1.29 is 4.79 Å².